The molecule has 25 heavy (non-hydrogen) atoms. The number of carbonyl (C=O) groups excluding carboxylic acids is 1. The minimum absolute atomic E-state index is 0.0833. The molecule has 1 aromatic carbocycles. The third-order valence-corrected chi connectivity index (χ3v) is 4.43. The Morgan fingerprint density at radius 2 is 2.08 bits per heavy atom. The molecule has 0 aliphatic heterocycles. The largest absolute Gasteiger partial charge is 0.411 e. The molecule has 0 atom stereocenters. The third-order valence-electron chi connectivity index (χ3n) is 3.61. The van der Waals surface area contributed by atoms with E-state index in [-0.39, 0.29) is 28.3 Å². The van der Waals surface area contributed by atoms with Crippen LogP contribution in [0.4, 0.5) is 10.1 Å². The molecule has 130 valence electrons. The first-order valence-electron chi connectivity index (χ1n) is 7.47. The molecule has 2 aromatic heterocycles. The number of rotatable bonds is 5. The van der Waals surface area contributed by atoms with Crippen LogP contribution in [0.3, 0.4) is 0 Å². The van der Waals surface area contributed by atoms with E-state index in [1.807, 2.05) is 20.9 Å². The summed E-state index contributed by atoms with van der Waals surface area (Å²) in [5.74, 6) is -0.482. The molecular formula is C16H16FN5O2S. The zero-order valence-corrected chi connectivity index (χ0v) is 14.7. The van der Waals surface area contributed by atoms with Gasteiger partial charge in [-0.3, -0.25) is 9.48 Å². The van der Waals surface area contributed by atoms with Crippen LogP contribution in [0, 0.1) is 19.7 Å². The van der Waals surface area contributed by atoms with E-state index < -0.39 is 5.82 Å². The summed E-state index contributed by atoms with van der Waals surface area (Å²) in [4.78, 5) is 12.1. The van der Waals surface area contributed by atoms with E-state index in [0.717, 1.165) is 23.1 Å². The van der Waals surface area contributed by atoms with Crippen LogP contribution < -0.4 is 5.32 Å². The van der Waals surface area contributed by atoms with Gasteiger partial charge in [0, 0.05) is 7.05 Å². The molecular weight excluding hydrogens is 345 g/mol. The number of amides is 1. The number of nitrogens with zero attached hydrogens (tertiary/aromatic N) is 4. The summed E-state index contributed by atoms with van der Waals surface area (Å²) in [5.41, 5.74) is 2.55. The summed E-state index contributed by atoms with van der Waals surface area (Å²) in [6.07, 6.45) is 0. The Labute approximate surface area is 147 Å². The normalized spacial score (nSPS) is 10.9. The number of halogens is 1. The molecule has 1 amide bonds. The van der Waals surface area contributed by atoms with Gasteiger partial charge in [0.15, 0.2) is 0 Å². The number of aromatic nitrogens is 4. The predicted octanol–water partition coefficient (Wildman–Crippen LogP) is 2.96. The molecule has 7 nitrogen and oxygen atoms in total. The molecule has 2 heterocycles. The van der Waals surface area contributed by atoms with Gasteiger partial charge in [-0.1, -0.05) is 23.9 Å². The maximum absolute atomic E-state index is 13.7. The minimum Gasteiger partial charge on any atom is -0.411 e. The Kier molecular flexibility index (Phi) is 4.84. The molecule has 3 rings (SSSR count). The standard InChI is InChI=1S/C16H16FN5O2S/c1-9-14(10(2)22(3)21-9)18-13(23)8-25-16-20-19-15(24-16)11-6-4-5-7-12(11)17/h4-7H,8H2,1-3H3,(H,18,23). The average molecular weight is 361 g/mol. The fraction of sp³-hybridized carbons (Fsp3) is 0.250. The summed E-state index contributed by atoms with van der Waals surface area (Å²) in [6, 6.07) is 6.13. The molecule has 0 aliphatic carbocycles. The Bertz CT molecular complexity index is 921. The monoisotopic (exact) mass is 361 g/mol. The second-order valence-corrected chi connectivity index (χ2v) is 6.29. The van der Waals surface area contributed by atoms with Crippen molar-refractivity contribution in [3.05, 3.63) is 41.5 Å². The lowest BCUT2D eigenvalue weighted by Gasteiger charge is -2.04. The fourth-order valence-corrected chi connectivity index (χ4v) is 2.83. The van der Waals surface area contributed by atoms with Crippen molar-refractivity contribution in [3.8, 4) is 11.5 Å². The number of anilines is 1. The summed E-state index contributed by atoms with van der Waals surface area (Å²) < 4.78 is 20.8. The quantitative estimate of drug-likeness (QED) is 0.703. The number of benzene rings is 1. The van der Waals surface area contributed by atoms with Gasteiger partial charge >= 0.3 is 0 Å². The van der Waals surface area contributed by atoms with Crippen molar-refractivity contribution in [1.29, 1.82) is 0 Å². The van der Waals surface area contributed by atoms with Crippen LogP contribution >= 0.6 is 11.8 Å². The molecule has 0 saturated heterocycles. The van der Waals surface area contributed by atoms with Crippen molar-refractivity contribution >= 4 is 23.4 Å². The maximum atomic E-state index is 13.7. The second-order valence-electron chi connectivity index (χ2n) is 5.36. The molecule has 0 unspecified atom stereocenters. The van der Waals surface area contributed by atoms with Crippen LogP contribution in [0.1, 0.15) is 11.4 Å². The summed E-state index contributed by atoms with van der Waals surface area (Å²) in [6.45, 7) is 3.70. The zero-order valence-electron chi connectivity index (χ0n) is 13.9. The van der Waals surface area contributed by atoms with Crippen molar-refractivity contribution in [1.82, 2.24) is 20.0 Å². The highest BCUT2D eigenvalue weighted by Crippen LogP contribution is 2.25. The lowest BCUT2D eigenvalue weighted by Crippen LogP contribution is -2.15. The van der Waals surface area contributed by atoms with Crippen LogP contribution in [-0.2, 0) is 11.8 Å². The first kappa shape index (κ1) is 17.2. The molecule has 0 fully saturated rings. The molecule has 0 radical (unpaired) electrons. The van der Waals surface area contributed by atoms with Gasteiger partial charge in [0.25, 0.3) is 11.1 Å². The summed E-state index contributed by atoms with van der Waals surface area (Å²) in [5, 5.41) is 14.9. The first-order chi connectivity index (χ1) is 12.0. The molecule has 0 bridgehead atoms. The van der Waals surface area contributed by atoms with Crippen LogP contribution in [0.15, 0.2) is 33.9 Å². The van der Waals surface area contributed by atoms with Crippen LogP contribution in [0.2, 0.25) is 0 Å². The van der Waals surface area contributed by atoms with Gasteiger partial charge in [0.2, 0.25) is 5.91 Å². The Hall–Kier alpha value is -2.68. The van der Waals surface area contributed by atoms with E-state index in [2.05, 4.69) is 20.6 Å². The number of carbonyl (C=O) groups is 1. The Balaban J connectivity index is 1.62. The van der Waals surface area contributed by atoms with E-state index in [9.17, 15) is 9.18 Å². The van der Waals surface area contributed by atoms with E-state index in [1.54, 1.807) is 22.9 Å². The maximum Gasteiger partial charge on any atom is 0.277 e. The number of hydrogen-bond donors (Lipinski definition) is 1. The van der Waals surface area contributed by atoms with Crippen LogP contribution in [-0.4, -0.2) is 31.6 Å². The third kappa shape index (κ3) is 3.71. The Morgan fingerprint density at radius 3 is 2.76 bits per heavy atom. The topological polar surface area (TPSA) is 85.8 Å². The van der Waals surface area contributed by atoms with E-state index in [0.29, 0.717) is 5.69 Å². The second kappa shape index (κ2) is 7.06. The smallest absolute Gasteiger partial charge is 0.277 e. The highest BCUT2D eigenvalue weighted by atomic mass is 32.2. The van der Waals surface area contributed by atoms with Crippen LogP contribution in [0.5, 0.6) is 0 Å². The van der Waals surface area contributed by atoms with Crippen molar-refractivity contribution in [2.75, 3.05) is 11.1 Å². The fourth-order valence-electron chi connectivity index (χ4n) is 2.27. The highest BCUT2D eigenvalue weighted by molar-refractivity contribution is 7.99. The molecule has 1 N–H and O–H groups in total. The van der Waals surface area contributed by atoms with Crippen molar-refractivity contribution in [2.45, 2.75) is 19.1 Å². The Morgan fingerprint density at radius 1 is 1.32 bits per heavy atom. The van der Waals surface area contributed by atoms with Crippen LogP contribution in [0.25, 0.3) is 11.5 Å². The van der Waals surface area contributed by atoms with Gasteiger partial charge in [-0.25, -0.2) is 4.39 Å². The zero-order chi connectivity index (χ0) is 18.0. The molecule has 0 saturated carbocycles. The highest BCUT2D eigenvalue weighted by Gasteiger charge is 2.16. The van der Waals surface area contributed by atoms with Gasteiger partial charge in [0.1, 0.15) is 5.82 Å². The van der Waals surface area contributed by atoms with Crippen molar-refractivity contribution < 1.29 is 13.6 Å². The van der Waals surface area contributed by atoms with Gasteiger partial charge < -0.3 is 9.73 Å². The lowest BCUT2D eigenvalue weighted by molar-refractivity contribution is -0.113. The predicted molar refractivity (Wildman–Crippen MR) is 91.7 cm³/mol. The SMILES string of the molecule is Cc1nn(C)c(C)c1NC(=O)CSc1nnc(-c2ccccc2F)o1. The van der Waals surface area contributed by atoms with E-state index in [1.165, 1.54) is 6.07 Å². The minimum atomic E-state index is -0.442. The van der Waals surface area contributed by atoms with Crippen molar-refractivity contribution in [3.63, 3.8) is 0 Å². The molecule has 0 aliphatic rings. The molecule has 3 aromatic rings. The van der Waals surface area contributed by atoms with Gasteiger partial charge in [-0.15, -0.1) is 10.2 Å². The van der Waals surface area contributed by atoms with E-state index >= 15 is 0 Å². The number of thioether (sulfide) groups is 1. The lowest BCUT2D eigenvalue weighted by atomic mass is 10.2. The van der Waals surface area contributed by atoms with Gasteiger partial charge in [-0.2, -0.15) is 5.10 Å². The number of hydrogen-bond acceptors (Lipinski definition) is 6. The van der Waals surface area contributed by atoms with Gasteiger partial charge in [0.05, 0.1) is 28.4 Å². The first-order valence-corrected chi connectivity index (χ1v) is 8.45. The number of aryl methyl sites for hydroxylation is 2. The number of nitrogens with one attached hydrogen (secondary N) is 1. The average Bonchev–Trinajstić information content (AvgIpc) is 3.14. The van der Waals surface area contributed by atoms with E-state index in [4.69, 9.17) is 4.42 Å². The molecule has 0 spiro atoms. The summed E-state index contributed by atoms with van der Waals surface area (Å²) >= 11 is 1.09. The van der Waals surface area contributed by atoms with Gasteiger partial charge in [-0.05, 0) is 26.0 Å². The molecule has 9 heteroatoms. The summed E-state index contributed by atoms with van der Waals surface area (Å²) in [7, 11) is 1.81. The van der Waals surface area contributed by atoms with Crippen molar-refractivity contribution in [2.24, 2.45) is 7.05 Å².